The second-order valence-electron chi connectivity index (χ2n) is 9.81. The fraction of sp³-hybridized carbons (Fsp3) is 0.680. The molecule has 2 saturated heterocycles. The van der Waals surface area contributed by atoms with Crippen molar-refractivity contribution < 1.29 is 24.2 Å². The molecule has 0 aromatic heterocycles. The van der Waals surface area contributed by atoms with E-state index in [1.165, 1.54) is 0 Å². The van der Waals surface area contributed by atoms with Crippen molar-refractivity contribution in [2.24, 2.45) is 5.92 Å². The van der Waals surface area contributed by atoms with Gasteiger partial charge in [0.1, 0.15) is 24.8 Å². The number of unbranched alkanes of at least 4 members (excludes halogenated alkanes) is 1. The van der Waals surface area contributed by atoms with E-state index in [1.807, 2.05) is 26.0 Å². The summed E-state index contributed by atoms with van der Waals surface area (Å²) in [6.07, 6.45) is 2.06. The van der Waals surface area contributed by atoms with E-state index in [1.54, 1.807) is 4.90 Å². The third kappa shape index (κ3) is 5.14. The van der Waals surface area contributed by atoms with E-state index in [9.17, 15) is 14.7 Å². The van der Waals surface area contributed by atoms with Crippen molar-refractivity contribution in [2.45, 2.75) is 70.7 Å². The topological polar surface area (TPSA) is 91.3 Å². The molecular weight excluding hydrogens is 458 g/mol. The van der Waals surface area contributed by atoms with Crippen molar-refractivity contribution in [3.63, 3.8) is 0 Å². The van der Waals surface area contributed by atoms with Crippen LogP contribution in [0.1, 0.15) is 52.0 Å². The number of carbonyl (C=O) groups is 2. The Labute approximate surface area is 208 Å². The van der Waals surface area contributed by atoms with Crippen molar-refractivity contribution in [3.8, 4) is 11.5 Å². The summed E-state index contributed by atoms with van der Waals surface area (Å²) in [5, 5.41) is 13.5. The predicted octanol–water partition coefficient (Wildman–Crippen LogP) is 2.36. The molecule has 34 heavy (non-hydrogen) atoms. The molecule has 3 heterocycles. The molecule has 1 aromatic rings. The molecule has 0 bridgehead atoms. The van der Waals surface area contributed by atoms with Crippen molar-refractivity contribution in [3.05, 3.63) is 23.8 Å². The highest BCUT2D eigenvalue weighted by Gasteiger charge is 2.54. The number of nitrogens with zero attached hydrogens (tertiary/aromatic N) is 2. The van der Waals surface area contributed by atoms with E-state index in [-0.39, 0.29) is 30.1 Å². The molecule has 9 heteroatoms. The summed E-state index contributed by atoms with van der Waals surface area (Å²) in [4.78, 5) is 30.9. The summed E-state index contributed by atoms with van der Waals surface area (Å²) in [5.74, 6) is 1.18. The minimum atomic E-state index is -0.891. The first-order valence-corrected chi connectivity index (χ1v) is 12.3. The number of carbonyl (C=O) groups excluding carboxylic acids is 2. The van der Waals surface area contributed by atoms with Crippen LogP contribution in [0.5, 0.6) is 11.5 Å². The summed E-state index contributed by atoms with van der Waals surface area (Å²) in [7, 11) is 0. The summed E-state index contributed by atoms with van der Waals surface area (Å²) in [5.41, 5.74) is 0.310. The van der Waals surface area contributed by atoms with Crippen LogP contribution < -0.4 is 14.8 Å². The molecule has 0 unspecified atom stereocenters. The molecule has 3 aliphatic rings. The van der Waals surface area contributed by atoms with Crippen LogP contribution in [0.3, 0.4) is 0 Å². The van der Waals surface area contributed by atoms with Gasteiger partial charge in [-0.2, -0.15) is 0 Å². The Morgan fingerprint density at radius 1 is 1.15 bits per heavy atom. The minimum Gasteiger partial charge on any atom is -0.486 e. The number of halogens is 1. The maximum atomic E-state index is 13.4. The number of nitrogens with one attached hydrogen (secondary N) is 1. The van der Waals surface area contributed by atoms with Gasteiger partial charge >= 0.3 is 0 Å². The Bertz CT molecular complexity index is 872. The van der Waals surface area contributed by atoms with Crippen LogP contribution >= 0.6 is 12.4 Å². The number of hydrogen-bond acceptors (Lipinski definition) is 6. The highest BCUT2D eigenvalue weighted by atomic mass is 35.5. The standard InChI is InChI=1S/C25H37N3O5.ClH/c1-4-5-10-28-23(30)21(22(29)17(2)3)26-24(31)25(28)8-11-27(12-9-25)16-18-6-7-19-20(15-18)33-14-13-32-19;/h6-7,15,17,21-22,29H,4-5,8-14,16H2,1-3H3,(H,26,31);1H/t21-,22-;/m0./s1. The largest absolute Gasteiger partial charge is 0.486 e. The van der Waals surface area contributed by atoms with Gasteiger partial charge in [-0.25, -0.2) is 0 Å². The van der Waals surface area contributed by atoms with Crippen LogP contribution in [-0.2, 0) is 16.1 Å². The van der Waals surface area contributed by atoms with Gasteiger partial charge < -0.3 is 24.8 Å². The first-order valence-electron chi connectivity index (χ1n) is 12.3. The fourth-order valence-electron chi connectivity index (χ4n) is 5.12. The zero-order valence-electron chi connectivity index (χ0n) is 20.4. The zero-order valence-corrected chi connectivity index (χ0v) is 21.2. The van der Waals surface area contributed by atoms with Gasteiger partial charge in [0.05, 0.1) is 6.10 Å². The summed E-state index contributed by atoms with van der Waals surface area (Å²) >= 11 is 0. The molecule has 8 nitrogen and oxygen atoms in total. The maximum Gasteiger partial charge on any atom is 0.248 e. The number of aliphatic hydroxyl groups is 1. The molecule has 1 aromatic carbocycles. The Kier molecular flexibility index (Phi) is 8.71. The number of hydrogen-bond donors (Lipinski definition) is 2. The van der Waals surface area contributed by atoms with Gasteiger partial charge in [0.2, 0.25) is 11.8 Å². The molecular formula is C25H38ClN3O5. The third-order valence-corrected chi connectivity index (χ3v) is 7.21. The second-order valence-corrected chi connectivity index (χ2v) is 9.81. The number of likely N-dealkylation sites (tertiary alicyclic amines) is 1. The first-order chi connectivity index (χ1) is 15.9. The van der Waals surface area contributed by atoms with E-state index < -0.39 is 17.7 Å². The first kappa shape index (κ1) is 26.6. The molecule has 3 aliphatic heterocycles. The van der Waals surface area contributed by atoms with Crippen molar-refractivity contribution in [1.82, 2.24) is 15.1 Å². The Balaban J connectivity index is 0.00000324. The summed E-state index contributed by atoms with van der Waals surface area (Å²) in [6.45, 7) is 9.68. The zero-order chi connectivity index (χ0) is 23.6. The van der Waals surface area contributed by atoms with Crippen LogP contribution in [0.25, 0.3) is 0 Å². The minimum absolute atomic E-state index is 0. The molecule has 2 fully saturated rings. The van der Waals surface area contributed by atoms with Gasteiger partial charge in [-0.05, 0) is 42.9 Å². The lowest BCUT2D eigenvalue weighted by atomic mass is 9.80. The van der Waals surface area contributed by atoms with Crippen molar-refractivity contribution in [2.75, 3.05) is 32.8 Å². The van der Waals surface area contributed by atoms with E-state index in [4.69, 9.17) is 9.47 Å². The van der Waals surface area contributed by atoms with Gasteiger partial charge in [-0.15, -0.1) is 12.4 Å². The number of piperazine rings is 1. The number of amides is 2. The Hall–Kier alpha value is -2.03. The lowest BCUT2D eigenvalue weighted by Gasteiger charge is -2.52. The number of benzene rings is 1. The van der Waals surface area contributed by atoms with E-state index in [2.05, 4.69) is 23.2 Å². The fourth-order valence-corrected chi connectivity index (χ4v) is 5.12. The maximum absolute atomic E-state index is 13.4. The average Bonchev–Trinajstić information content (AvgIpc) is 2.82. The van der Waals surface area contributed by atoms with Gasteiger partial charge in [-0.3, -0.25) is 14.5 Å². The van der Waals surface area contributed by atoms with E-state index in [0.29, 0.717) is 32.6 Å². The molecule has 0 saturated carbocycles. The normalized spacial score (nSPS) is 23.0. The lowest BCUT2D eigenvalue weighted by Crippen LogP contribution is -2.74. The number of rotatable bonds is 7. The Morgan fingerprint density at radius 2 is 1.82 bits per heavy atom. The molecule has 0 aliphatic carbocycles. The second kappa shape index (κ2) is 11.1. The van der Waals surface area contributed by atoms with E-state index in [0.717, 1.165) is 49.5 Å². The van der Waals surface area contributed by atoms with Crippen molar-refractivity contribution >= 4 is 24.2 Å². The molecule has 2 atom stereocenters. The molecule has 4 rings (SSSR count). The highest BCUT2D eigenvalue weighted by Crippen LogP contribution is 2.36. The van der Waals surface area contributed by atoms with Crippen LogP contribution in [0.2, 0.25) is 0 Å². The lowest BCUT2D eigenvalue weighted by molar-refractivity contribution is -0.165. The summed E-state index contributed by atoms with van der Waals surface area (Å²) in [6, 6.07) is 5.17. The molecule has 0 radical (unpaired) electrons. The predicted molar refractivity (Wildman–Crippen MR) is 131 cm³/mol. The van der Waals surface area contributed by atoms with Crippen molar-refractivity contribution in [1.29, 1.82) is 0 Å². The van der Waals surface area contributed by atoms with Gasteiger partial charge in [0.25, 0.3) is 0 Å². The molecule has 190 valence electrons. The third-order valence-electron chi connectivity index (χ3n) is 7.21. The van der Waals surface area contributed by atoms with Gasteiger partial charge in [0, 0.05) is 26.2 Å². The average molecular weight is 496 g/mol. The van der Waals surface area contributed by atoms with E-state index >= 15 is 0 Å². The summed E-state index contributed by atoms with van der Waals surface area (Å²) < 4.78 is 11.3. The van der Waals surface area contributed by atoms with Crippen LogP contribution in [0, 0.1) is 5.92 Å². The number of fused-ring (bicyclic) bond motifs is 1. The number of aliphatic hydroxyl groups excluding tert-OH is 1. The van der Waals surface area contributed by atoms with Crippen LogP contribution in [0.4, 0.5) is 0 Å². The Morgan fingerprint density at radius 3 is 2.47 bits per heavy atom. The smallest absolute Gasteiger partial charge is 0.248 e. The monoisotopic (exact) mass is 495 g/mol. The molecule has 1 spiro atoms. The number of piperidine rings is 1. The highest BCUT2D eigenvalue weighted by molar-refractivity contribution is 6.00. The van der Waals surface area contributed by atoms with Gasteiger partial charge in [0.15, 0.2) is 11.5 Å². The number of ether oxygens (including phenoxy) is 2. The van der Waals surface area contributed by atoms with Crippen LogP contribution in [0.15, 0.2) is 18.2 Å². The van der Waals surface area contributed by atoms with Gasteiger partial charge in [-0.1, -0.05) is 33.3 Å². The molecule has 2 N–H and O–H groups in total. The quantitative estimate of drug-likeness (QED) is 0.603. The SMILES string of the molecule is CCCCN1C(=O)[C@H]([C@@H](O)C(C)C)NC(=O)C12CCN(Cc1ccc3c(c1)OCCO3)CC2.Cl. The van der Waals surface area contributed by atoms with Crippen LogP contribution in [-0.4, -0.2) is 77.3 Å². The molecule has 2 amide bonds.